The maximum atomic E-state index is 9.77. The average molecular weight is 588 g/mol. The SMILES string of the molecule is C=NC(=N/C=C(\C)Oc1cc(CN2CCC(CC(C)O)CC2)cc(-c2cc(Cl)cc(Cl)c2)n1)N1CCN(C)CC1. The van der Waals surface area contributed by atoms with E-state index in [1.165, 1.54) is 0 Å². The highest BCUT2D eigenvalue weighted by Gasteiger charge is 2.21. The van der Waals surface area contributed by atoms with Crippen molar-refractivity contribution in [2.24, 2.45) is 15.9 Å². The van der Waals surface area contributed by atoms with Crippen molar-refractivity contribution in [2.45, 2.75) is 45.8 Å². The van der Waals surface area contributed by atoms with Gasteiger partial charge in [-0.15, -0.1) is 0 Å². The lowest BCUT2D eigenvalue weighted by Gasteiger charge is -2.32. The second kappa shape index (κ2) is 14.4. The van der Waals surface area contributed by atoms with Gasteiger partial charge in [0, 0.05) is 54.4 Å². The minimum absolute atomic E-state index is 0.246. The van der Waals surface area contributed by atoms with E-state index in [1.54, 1.807) is 12.3 Å². The lowest BCUT2D eigenvalue weighted by Crippen LogP contribution is -2.46. The first-order valence-corrected chi connectivity index (χ1v) is 14.6. The number of aliphatic hydroxyl groups is 1. The molecular weight excluding hydrogens is 547 g/mol. The summed E-state index contributed by atoms with van der Waals surface area (Å²) in [6.45, 7) is 13.8. The highest BCUT2D eigenvalue weighted by molar-refractivity contribution is 6.35. The van der Waals surface area contributed by atoms with Gasteiger partial charge in [-0.3, -0.25) is 4.90 Å². The summed E-state index contributed by atoms with van der Waals surface area (Å²) in [5.41, 5.74) is 2.66. The van der Waals surface area contributed by atoms with E-state index in [0.717, 1.165) is 81.9 Å². The van der Waals surface area contributed by atoms with Crippen molar-refractivity contribution < 1.29 is 9.84 Å². The number of allylic oxidation sites excluding steroid dienone is 1. The van der Waals surface area contributed by atoms with Crippen molar-refractivity contribution >= 4 is 35.9 Å². The first-order chi connectivity index (χ1) is 19.2. The summed E-state index contributed by atoms with van der Waals surface area (Å²) >= 11 is 12.6. The second-order valence-electron chi connectivity index (χ2n) is 10.9. The second-order valence-corrected chi connectivity index (χ2v) is 11.8. The average Bonchev–Trinajstić information content (AvgIpc) is 2.90. The number of piperidine rings is 1. The molecule has 2 fully saturated rings. The minimum atomic E-state index is -0.246. The molecule has 4 rings (SSSR count). The molecule has 2 aliphatic rings. The number of ether oxygens (including phenoxy) is 1. The molecule has 0 amide bonds. The first kappa shape index (κ1) is 30.5. The van der Waals surface area contributed by atoms with Crippen LogP contribution < -0.4 is 4.74 Å². The number of pyridine rings is 1. The number of likely N-dealkylation sites (N-methyl/N-ethyl adjacent to an activating group) is 1. The Morgan fingerprint density at radius 3 is 2.40 bits per heavy atom. The zero-order valence-electron chi connectivity index (χ0n) is 23.7. The van der Waals surface area contributed by atoms with Gasteiger partial charge >= 0.3 is 0 Å². The van der Waals surface area contributed by atoms with Crippen molar-refractivity contribution in [3.8, 4) is 17.1 Å². The fourth-order valence-corrected chi connectivity index (χ4v) is 5.77. The molecule has 8 nitrogen and oxygen atoms in total. The van der Waals surface area contributed by atoms with E-state index < -0.39 is 0 Å². The van der Waals surface area contributed by atoms with Crippen LogP contribution in [0.1, 0.15) is 38.7 Å². The molecular formula is C30H40Cl2N6O2. The lowest BCUT2D eigenvalue weighted by atomic mass is 9.91. The fourth-order valence-electron chi connectivity index (χ4n) is 5.24. The van der Waals surface area contributed by atoms with Gasteiger partial charge in [-0.2, -0.15) is 0 Å². The largest absolute Gasteiger partial charge is 0.442 e. The summed E-state index contributed by atoms with van der Waals surface area (Å²) in [7, 11) is 2.11. The Hall–Kier alpha value is -2.49. The van der Waals surface area contributed by atoms with Gasteiger partial charge in [-0.05, 0) is 95.7 Å². The van der Waals surface area contributed by atoms with Gasteiger partial charge in [0.2, 0.25) is 11.8 Å². The van der Waals surface area contributed by atoms with E-state index in [9.17, 15) is 5.11 Å². The maximum Gasteiger partial charge on any atom is 0.224 e. The van der Waals surface area contributed by atoms with Crippen molar-refractivity contribution in [3.63, 3.8) is 0 Å². The molecule has 0 aliphatic carbocycles. The van der Waals surface area contributed by atoms with Gasteiger partial charge in [0.25, 0.3) is 0 Å². The first-order valence-electron chi connectivity index (χ1n) is 13.9. The van der Waals surface area contributed by atoms with Crippen LogP contribution in [0.25, 0.3) is 11.3 Å². The Bertz CT molecular complexity index is 1200. The van der Waals surface area contributed by atoms with Crippen LogP contribution in [0.2, 0.25) is 10.0 Å². The van der Waals surface area contributed by atoms with E-state index in [1.807, 2.05) is 32.0 Å². The Morgan fingerprint density at radius 1 is 1.10 bits per heavy atom. The van der Waals surface area contributed by atoms with Crippen LogP contribution in [-0.4, -0.2) is 89.9 Å². The summed E-state index contributed by atoms with van der Waals surface area (Å²) in [6, 6.07) is 9.47. The van der Waals surface area contributed by atoms with Crippen LogP contribution in [0.4, 0.5) is 0 Å². The van der Waals surface area contributed by atoms with Crippen molar-refractivity contribution in [1.29, 1.82) is 0 Å². The molecule has 10 heteroatoms. The summed E-state index contributed by atoms with van der Waals surface area (Å²) < 4.78 is 6.17. The standard InChI is InChI=1S/C30H40Cl2N6O2/c1-21(39)13-23-5-7-37(8-6-23)20-24-14-28(25-16-26(31)18-27(32)17-25)35-29(15-24)40-22(2)19-34-30(33-3)38-11-9-36(4)10-12-38/h14-19,21,23,39H,3,5-13,20H2,1-2,4H3/b22-19+,34-30?. The predicted octanol–water partition coefficient (Wildman–Crippen LogP) is 5.58. The quantitative estimate of drug-likeness (QED) is 0.247. The molecule has 1 N–H and O–H groups in total. The number of hydrogen-bond donors (Lipinski definition) is 1. The number of aliphatic hydroxyl groups excluding tert-OH is 1. The number of nitrogens with zero attached hydrogens (tertiary/aromatic N) is 6. The number of benzene rings is 1. The van der Waals surface area contributed by atoms with Crippen molar-refractivity contribution in [1.82, 2.24) is 19.7 Å². The minimum Gasteiger partial charge on any atom is -0.442 e. The topological polar surface area (TPSA) is 76.8 Å². The summed E-state index contributed by atoms with van der Waals surface area (Å²) in [4.78, 5) is 20.3. The van der Waals surface area contributed by atoms with Crippen LogP contribution in [-0.2, 0) is 6.54 Å². The molecule has 2 aliphatic heterocycles. The number of guanidine groups is 1. The molecule has 0 bridgehead atoms. The van der Waals surface area contributed by atoms with Gasteiger partial charge in [-0.1, -0.05) is 23.2 Å². The Kier molecular flexibility index (Phi) is 11.0. The summed E-state index contributed by atoms with van der Waals surface area (Å²) in [5, 5.41) is 10.9. The Labute approximate surface area is 248 Å². The molecule has 0 spiro atoms. The number of hydrogen-bond acceptors (Lipinski definition) is 6. The molecule has 2 saturated heterocycles. The number of aliphatic imine (C=N–C) groups is 2. The third-order valence-electron chi connectivity index (χ3n) is 7.36. The maximum absolute atomic E-state index is 9.77. The monoisotopic (exact) mass is 586 g/mol. The van der Waals surface area contributed by atoms with E-state index in [2.05, 4.69) is 44.5 Å². The number of likely N-dealkylation sites (tertiary alicyclic amines) is 1. The van der Waals surface area contributed by atoms with Gasteiger partial charge in [-0.25, -0.2) is 15.0 Å². The molecule has 0 saturated carbocycles. The van der Waals surface area contributed by atoms with E-state index in [0.29, 0.717) is 33.6 Å². The highest BCUT2D eigenvalue weighted by atomic mass is 35.5. The number of aromatic nitrogens is 1. The lowest BCUT2D eigenvalue weighted by molar-refractivity contribution is 0.116. The highest BCUT2D eigenvalue weighted by Crippen LogP contribution is 2.30. The van der Waals surface area contributed by atoms with E-state index >= 15 is 0 Å². The van der Waals surface area contributed by atoms with Crippen LogP contribution in [0, 0.1) is 5.92 Å². The molecule has 0 radical (unpaired) electrons. The Balaban J connectivity index is 1.54. The zero-order valence-corrected chi connectivity index (χ0v) is 25.2. The number of piperazine rings is 1. The molecule has 1 atom stereocenters. The fraction of sp³-hybridized carbons (Fsp3) is 0.500. The van der Waals surface area contributed by atoms with Gasteiger partial charge < -0.3 is 19.6 Å². The van der Waals surface area contributed by atoms with Crippen molar-refractivity contribution in [2.75, 3.05) is 46.3 Å². The van der Waals surface area contributed by atoms with Gasteiger partial charge in [0.15, 0.2) is 0 Å². The summed E-state index contributed by atoms with van der Waals surface area (Å²) in [5.74, 6) is 2.23. The molecule has 2 aromatic rings. The molecule has 3 heterocycles. The van der Waals surface area contributed by atoms with E-state index in [-0.39, 0.29) is 6.10 Å². The molecule has 216 valence electrons. The van der Waals surface area contributed by atoms with Crippen LogP contribution in [0.5, 0.6) is 5.88 Å². The predicted molar refractivity (Wildman–Crippen MR) is 164 cm³/mol. The van der Waals surface area contributed by atoms with Crippen LogP contribution >= 0.6 is 23.2 Å². The molecule has 1 aromatic heterocycles. The molecule has 1 aromatic carbocycles. The van der Waals surface area contributed by atoms with Crippen LogP contribution in [0.15, 0.2) is 52.3 Å². The molecule has 40 heavy (non-hydrogen) atoms. The Morgan fingerprint density at radius 2 is 1.77 bits per heavy atom. The van der Waals surface area contributed by atoms with E-state index in [4.69, 9.17) is 32.9 Å². The van der Waals surface area contributed by atoms with Gasteiger partial charge in [0.05, 0.1) is 18.0 Å². The van der Waals surface area contributed by atoms with Crippen LogP contribution in [0.3, 0.4) is 0 Å². The number of rotatable bonds is 8. The smallest absolute Gasteiger partial charge is 0.224 e. The molecule has 1 unspecified atom stereocenters. The summed E-state index contributed by atoms with van der Waals surface area (Å²) in [6.07, 6.45) is 4.46. The third-order valence-corrected chi connectivity index (χ3v) is 7.80. The van der Waals surface area contributed by atoms with Gasteiger partial charge in [0.1, 0.15) is 5.76 Å². The zero-order chi connectivity index (χ0) is 28.6. The van der Waals surface area contributed by atoms with Crippen molar-refractivity contribution in [3.05, 3.63) is 57.9 Å². The number of halogens is 2. The normalized spacial score (nSPS) is 19.1. The third kappa shape index (κ3) is 9.01.